The molecule has 0 unspecified atom stereocenters. The zero-order chi connectivity index (χ0) is 20.4. The number of hydrogen-bond donors (Lipinski definition) is 1. The molecule has 2 atom stereocenters. The van der Waals surface area contributed by atoms with E-state index < -0.39 is 0 Å². The summed E-state index contributed by atoms with van der Waals surface area (Å²) in [7, 11) is 0. The number of thiophene rings is 1. The largest absolute Gasteiger partial charge is 0.450 e. The van der Waals surface area contributed by atoms with Gasteiger partial charge < -0.3 is 19.7 Å². The second-order valence-corrected chi connectivity index (χ2v) is 10.3. The summed E-state index contributed by atoms with van der Waals surface area (Å²) in [5, 5.41) is 3.00. The first-order valence-electron chi connectivity index (χ1n) is 11.5. The molecule has 4 rings (SSSR count). The van der Waals surface area contributed by atoms with Crippen molar-refractivity contribution >= 4 is 17.4 Å². The van der Waals surface area contributed by atoms with E-state index in [1.165, 1.54) is 10.4 Å². The first-order valence-corrected chi connectivity index (χ1v) is 12.3. The Morgan fingerprint density at radius 2 is 2.24 bits per heavy atom. The fraction of sp³-hybridized carbons (Fsp3) is 0.783. The molecule has 1 saturated heterocycles. The highest BCUT2D eigenvalue weighted by molar-refractivity contribution is 7.12. The predicted octanol–water partition coefficient (Wildman–Crippen LogP) is 4.48. The molecule has 2 fully saturated rings. The van der Waals surface area contributed by atoms with E-state index in [-0.39, 0.29) is 11.7 Å². The van der Waals surface area contributed by atoms with Crippen LogP contribution in [0.5, 0.6) is 0 Å². The Morgan fingerprint density at radius 1 is 1.41 bits per heavy atom. The maximum absolute atomic E-state index is 11.7. The van der Waals surface area contributed by atoms with Crippen molar-refractivity contribution in [3.05, 3.63) is 21.4 Å². The molecule has 1 spiro atoms. The van der Waals surface area contributed by atoms with Crippen LogP contribution < -0.4 is 5.32 Å². The molecule has 1 amide bonds. The number of carbonyl (C=O) groups is 1. The SMILES string of the molecule is CCCOC(=O)NC1CC(CN2CC[C@]3(C[C@@H]2C)OCCc2sc(CC)cc23)C1. The second-order valence-electron chi connectivity index (χ2n) is 9.11. The smallest absolute Gasteiger partial charge is 0.407 e. The number of amides is 1. The van der Waals surface area contributed by atoms with E-state index in [2.05, 4.69) is 30.1 Å². The first-order chi connectivity index (χ1) is 14.0. The maximum atomic E-state index is 11.7. The number of piperidine rings is 1. The van der Waals surface area contributed by atoms with Crippen molar-refractivity contribution in [1.82, 2.24) is 10.2 Å². The van der Waals surface area contributed by atoms with E-state index in [4.69, 9.17) is 9.47 Å². The van der Waals surface area contributed by atoms with E-state index >= 15 is 0 Å². The van der Waals surface area contributed by atoms with Crippen LogP contribution in [0.1, 0.15) is 68.2 Å². The van der Waals surface area contributed by atoms with E-state index in [1.807, 2.05) is 18.3 Å². The molecule has 6 heteroatoms. The number of carbonyl (C=O) groups excluding carboxylic acids is 1. The van der Waals surface area contributed by atoms with Crippen LogP contribution in [-0.2, 0) is 27.9 Å². The third kappa shape index (κ3) is 4.49. The molecule has 29 heavy (non-hydrogen) atoms. The van der Waals surface area contributed by atoms with Gasteiger partial charge in [0.25, 0.3) is 0 Å². The summed E-state index contributed by atoms with van der Waals surface area (Å²) in [4.78, 5) is 17.4. The quantitative estimate of drug-likeness (QED) is 0.737. The lowest BCUT2D eigenvalue weighted by molar-refractivity contribution is -0.114. The molecule has 1 saturated carbocycles. The van der Waals surface area contributed by atoms with E-state index in [1.54, 1.807) is 4.88 Å². The standard InChI is InChI=1S/C23H36N2O3S/c1-4-9-27-22(26)24-18-11-17(12-18)15-25-8-7-23(14-16(25)3)20-13-19(5-2)29-21(20)6-10-28-23/h13,16-18H,4-12,14-15H2,1-3H3,(H,24,26)/t16-,17?,18?,23+/m0/s1. The van der Waals surface area contributed by atoms with Gasteiger partial charge in [-0.1, -0.05) is 13.8 Å². The molecule has 0 radical (unpaired) electrons. The zero-order valence-corrected chi connectivity index (χ0v) is 19.0. The van der Waals surface area contributed by atoms with Crippen molar-refractivity contribution < 1.29 is 14.3 Å². The van der Waals surface area contributed by atoms with Gasteiger partial charge in [-0.25, -0.2) is 4.79 Å². The summed E-state index contributed by atoms with van der Waals surface area (Å²) >= 11 is 2.00. The van der Waals surface area contributed by atoms with Gasteiger partial charge in [-0.05, 0) is 63.0 Å². The second kappa shape index (κ2) is 8.94. The van der Waals surface area contributed by atoms with E-state index in [9.17, 15) is 4.79 Å². The average Bonchev–Trinajstić information content (AvgIpc) is 3.11. The number of hydrogen-bond acceptors (Lipinski definition) is 5. The van der Waals surface area contributed by atoms with Gasteiger partial charge >= 0.3 is 6.09 Å². The molecule has 1 N–H and O–H groups in total. The minimum atomic E-state index is -0.254. The highest BCUT2D eigenvalue weighted by Crippen LogP contribution is 2.46. The Kier molecular flexibility index (Phi) is 6.52. The molecule has 1 aromatic heterocycles. The third-order valence-corrected chi connectivity index (χ3v) is 8.28. The van der Waals surface area contributed by atoms with Crippen molar-refractivity contribution in [3.8, 4) is 0 Å². The number of alkyl carbamates (subject to hydrolysis) is 1. The van der Waals surface area contributed by atoms with Crippen LogP contribution in [0.2, 0.25) is 0 Å². The highest BCUT2D eigenvalue weighted by Gasteiger charge is 2.45. The number of nitrogens with zero attached hydrogens (tertiary/aromatic N) is 1. The fourth-order valence-electron chi connectivity index (χ4n) is 5.28. The van der Waals surface area contributed by atoms with Crippen molar-refractivity contribution in [2.24, 2.45) is 5.92 Å². The number of rotatable bonds is 6. The lowest BCUT2D eigenvalue weighted by atomic mass is 9.76. The summed E-state index contributed by atoms with van der Waals surface area (Å²) in [6.07, 6.45) is 7.15. The summed E-state index contributed by atoms with van der Waals surface area (Å²) < 4.78 is 11.6. The number of aryl methyl sites for hydroxylation is 1. The van der Waals surface area contributed by atoms with Gasteiger partial charge in [-0.15, -0.1) is 11.3 Å². The number of nitrogens with one attached hydrogen (secondary N) is 1. The molecular weight excluding hydrogens is 384 g/mol. The monoisotopic (exact) mass is 420 g/mol. The van der Waals surface area contributed by atoms with Crippen LogP contribution in [0.25, 0.3) is 0 Å². The Bertz CT molecular complexity index is 715. The Morgan fingerprint density at radius 3 is 2.97 bits per heavy atom. The molecule has 3 aliphatic rings. The molecule has 1 aromatic rings. The Labute approximate surface area is 179 Å². The summed E-state index contributed by atoms with van der Waals surface area (Å²) in [6, 6.07) is 3.25. The molecule has 162 valence electrons. The third-order valence-electron chi connectivity index (χ3n) is 6.95. The minimum Gasteiger partial charge on any atom is -0.450 e. The molecule has 1 aliphatic carbocycles. The van der Waals surface area contributed by atoms with Crippen LogP contribution >= 0.6 is 11.3 Å². The van der Waals surface area contributed by atoms with Crippen molar-refractivity contribution in [3.63, 3.8) is 0 Å². The Balaban J connectivity index is 1.28. The van der Waals surface area contributed by atoms with Crippen LogP contribution in [0, 0.1) is 5.92 Å². The van der Waals surface area contributed by atoms with Crippen LogP contribution in [0.15, 0.2) is 6.07 Å². The molecule has 0 aromatic carbocycles. The van der Waals surface area contributed by atoms with Crippen LogP contribution in [0.3, 0.4) is 0 Å². The average molecular weight is 421 g/mol. The predicted molar refractivity (Wildman–Crippen MR) is 117 cm³/mol. The lowest BCUT2D eigenvalue weighted by Gasteiger charge is -2.49. The summed E-state index contributed by atoms with van der Waals surface area (Å²) in [5.41, 5.74) is 1.44. The van der Waals surface area contributed by atoms with Gasteiger partial charge in [0, 0.05) is 41.3 Å². The molecule has 3 heterocycles. The van der Waals surface area contributed by atoms with Crippen molar-refractivity contribution in [2.45, 2.75) is 83.4 Å². The van der Waals surface area contributed by atoms with Gasteiger partial charge in [0.15, 0.2) is 0 Å². The lowest BCUT2D eigenvalue weighted by Crippen LogP contribution is -2.54. The van der Waals surface area contributed by atoms with Gasteiger partial charge in [0.1, 0.15) is 0 Å². The number of ether oxygens (including phenoxy) is 2. The number of fused-ring (bicyclic) bond motifs is 2. The van der Waals surface area contributed by atoms with Gasteiger partial charge in [-0.2, -0.15) is 0 Å². The topological polar surface area (TPSA) is 50.8 Å². The van der Waals surface area contributed by atoms with E-state index in [0.29, 0.717) is 24.6 Å². The fourth-order valence-corrected chi connectivity index (χ4v) is 6.46. The molecule has 2 aliphatic heterocycles. The van der Waals surface area contributed by atoms with Gasteiger partial charge in [-0.3, -0.25) is 0 Å². The maximum Gasteiger partial charge on any atom is 0.407 e. The minimum absolute atomic E-state index is 0.0554. The van der Waals surface area contributed by atoms with Crippen LogP contribution in [-0.4, -0.2) is 49.4 Å². The first kappa shape index (κ1) is 21.1. The van der Waals surface area contributed by atoms with Crippen LogP contribution in [0.4, 0.5) is 4.79 Å². The van der Waals surface area contributed by atoms with E-state index in [0.717, 1.165) is 64.6 Å². The normalized spacial score (nSPS) is 31.9. The van der Waals surface area contributed by atoms with Crippen molar-refractivity contribution in [2.75, 3.05) is 26.3 Å². The van der Waals surface area contributed by atoms with Gasteiger partial charge in [0.2, 0.25) is 0 Å². The summed E-state index contributed by atoms with van der Waals surface area (Å²) in [6.45, 7) is 10.2. The summed E-state index contributed by atoms with van der Waals surface area (Å²) in [5.74, 6) is 0.679. The number of likely N-dealkylation sites (tertiary alicyclic amines) is 1. The van der Waals surface area contributed by atoms with Crippen molar-refractivity contribution in [1.29, 1.82) is 0 Å². The highest BCUT2D eigenvalue weighted by atomic mass is 32.1. The molecule has 0 bridgehead atoms. The molecular formula is C23H36N2O3S. The zero-order valence-electron chi connectivity index (χ0n) is 18.2. The Hall–Kier alpha value is -1.11. The molecule has 5 nitrogen and oxygen atoms in total. The van der Waals surface area contributed by atoms with Gasteiger partial charge in [0.05, 0.1) is 18.8 Å².